The molecule has 0 aliphatic heterocycles. The van der Waals surface area contributed by atoms with Crippen molar-refractivity contribution in [3.05, 3.63) is 101 Å². The SMILES string of the molecule is O=C(Nc1nc(C2(OCc3ccccc3)CC2)cs1)c1cccn1Cc1ccncc1. The average Bonchev–Trinajstić information content (AvgIpc) is 3.20. The van der Waals surface area contributed by atoms with Crippen molar-refractivity contribution in [1.29, 1.82) is 0 Å². The maximum atomic E-state index is 12.9. The molecule has 4 aromatic rings. The summed E-state index contributed by atoms with van der Waals surface area (Å²) in [4.78, 5) is 21.6. The highest BCUT2D eigenvalue weighted by molar-refractivity contribution is 7.14. The molecular formula is C24H22N4O2S. The number of benzene rings is 1. The largest absolute Gasteiger partial charge is 0.364 e. The molecular weight excluding hydrogens is 408 g/mol. The molecule has 1 amide bonds. The van der Waals surface area contributed by atoms with E-state index in [0.717, 1.165) is 29.7 Å². The molecule has 1 aromatic carbocycles. The van der Waals surface area contributed by atoms with Gasteiger partial charge in [0.25, 0.3) is 5.91 Å². The predicted octanol–water partition coefficient (Wildman–Crippen LogP) is 4.85. The van der Waals surface area contributed by atoms with Gasteiger partial charge in [0.15, 0.2) is 5.13 Å². The maximum Gasteiger partial charge on any atom is 0.274 e. The quantitative estimate of drug-likeness (QED) is 0.434. The molecule has 0 bridgehead atoms. The number of carbonyl (C=O) groups is 1. The number of nitrogens with one attached hydrogen (secondary N) is 1. The molecule has 3 heterocycles. The third-order valence-electron chi connectivity index (χ3n) is 5.42. The Morgan fingerprint density at radius 2 is 1.87 bits per heavy atom. The first-order chi connectivity index (χ1) is 15.2. The van der Waals surface area contributed by atoms with Crippen molar-refractivity contribution in [2.75, 3.05) is 5.32 Å². The van der Waals surface area contributed by atoms with Gasteiger partial charge in [0.1, 0.15) is 11.3 Å². The molecule has 6 nitrogen and oxygen atoms in total. The van der Waals surface area contributed by atoms with Crippen molar-refractivity contribution in [3.63, 3.8) is 0 Å². The van der Waals surface area contributed by atoms with E-state index in [0.29, 0.717) is 24.0 Å². The van der Waals surface area contributed by atoms with E-state index in [2.05, 4.69) is 27.4 Å². The Kier molecular flexibility index (Phi) is 5.36. The topological polar surface area (TPSA) is 69.0 Å². The molecule has 1 N–H and O–H groups in total. The van der Waals surface area contributed by atoms with Crippen LogP contribution in [0, 0.1) is 0 Å². The van der Waals surface area contributed by atoms with E-state index >= 15 is 0 Å². The van der Waals surface area contributed by atoms with E-state index in [9.17, 15) is 4.79 Å². The number of hydrogen-bond donors (Lipinski definition) is 1. The zero-order chi connectivity index (χ0) is 21.1. The third-order valence-corrected chi connectivity index (χ3v) is 6.18. The van der Waals surface area contributed by atoms with Gasteiger partial charge in [-0.25, -0.2) is 4.98 Å². The van der Waals surface area contributed by atoms with Gasteiger partial charge in [-0.15, -0.1) is 11.3 Å². The van der Waals surface area contributed by atoms with Crippen LogP contribution in [0.25, 0.3) is 0 Å². The molecule has 0 spiro atoms. The molecule has 156 valence electrons. The van der Waals surface area contributed by atoms with Gasteiger partial charge in [-0.1, -0.05) is 30.3 Å². The molecule has 0 unspecified atom stereocenters. The molecule has 1 fully saturated rings. The first-order valence-electron chi connectivity index (χ1n) is 10.2. The molecule has 3 aromatic heterocycles. The number of anilines is 1. The van der Waals surface area contributed by atoms with Crippen LogP contribution in [0.15, 0.2) is 78.6 Å². The van der Waals surface area contributed by atoms with E-state index in [1.54, 1.807) is 12.4 Å². The molecule has 1 saturated carbocycles. The number of ether oxygens (including phenoxy) is 1. The summed E-state index contributed by atoms with van der Waals surface area (Å²) in [6, 6.07) is 17.7. The molecule has 31 heavy (non-hydrogen) atoms. The second kappa shape index (κ2) is 8.45. The molecule has 0 atom stereocenters. The minimum atomic E-state index is -0.323. The highest BCUT2D eigenvalue weighted by Gasteiger charge is 2.48. The first-order valence-corrected chi connectivity index (χ1v) is 11.1. The summed E-state index contributed by atoms with van der Waals surface area (Å²) < 4.78 is 8.13. The number of amides is 1. The summed E-state index contributed by atoms with van der Waals surface area (Å²) in [5, 5.41) is 5.52. The van der Waals surface area contributed by atoms with Gasteiger partial charge in [-0.2, -0.15) is 0 Å². The zero-order valence-electron chi connectivity index (χ0n) is 16.9. The third kappa shape index (κ3) is 4.42. The van der Waals surface area contributed by atoms with E-state index in [1.807, 2.05) is 58.6 Å². The van der Waals surface area contributed by atoms with Crippen molar-refractivity contribution in [2.24, 2.45) is 0 Å². The van der Waals surface area contributed by atoms with E-state index in [4.69, 9.17) is 4.74 Å². The zero-order valence-corrected chi connectivity index (χ0v) is 17.7. The summed E-state index contributed by atoms with van der Waals surface area (Å²) in [5.41, 5.74) is 3.40. The Labute approximate surface area is 184 Å². The van der Waals surface area contributed by atoms with Gasteiger partial charge >= 0.3 is 0 Å². The van der Waals surface area contributed by atoms with E-state index < -0.39 is 0 Å². The minimum absolute atomic E-state index is 0.171. The number of carbonyl (C=O) groups excluding carboxylic acids is 1. The van der Waals surface area contributed by atoms with Gasteiger partial charge in [-0.3, -0.25) is 15.1 Å². The van der Waals surface area contributed by atoms with Crippen LogP contribution >= 0.6 is 11.3 Å². The van der Waals surface area contributed by atoms with Crippen LogP contribution in [0.2, 0.25) is 0 Å². The van der Waals surface area contributed by atoms with Crippen molar-refractivity contribution >= 4 is 22.4 Å². The van der Waals surface area contributed by atoms with E-state index in [1.165, 1.54) is 11.3 Å². The number of aromatic nitrogens is 3. The highest BCUT2D eigenvalue weighted by atomic mass is 32.1. The second-order valence-corrected chi connectivity index (χ2v) is 8.50. The molecule has 7 heteroatoms. The van der Waals surface area contributed by atoms with Crippen LogP contribution in [0.1, 0.15) is 40.2 Å². The highest BCUT2D eigenvalue weighted by Crippen LogP contribution is 2.50. The lowest BCUT2D eigenvalue weighted by Crippen LogP contribution is -2.18. The maximum absolute atomic E-state index is 12.9. The van der Waals surface area contributed by atoms with E-state index in [-0.39, 0.29) is 11.5 Å². The molecule has 5 rings (SSSR count). The second-order valence-electron chi connectivity index (χ2n) is 7.64. The smallest absolute Gasteiger partial charge is 0.274 e. The number of hydrogen-bond acceptors (Lipinski definition) is 5. The van der Waals surface area contributed by atoms with Crippen molar-refractivity contribution in [1.82, 2.24) is 14.5 Å². The van der Waals surface area contributed by atoms with Crippen LogP contribution in [-0.4, -0.2) is 20.4 Å². The standard InChI is InChI=1S/C24H22N4O2S/c29-22(20-7-4-14-28(20)15-18-8-12-25-13-9-18)27-23-26-21(17-31-23)24(10-11-24)30-16-19-5-2-1-3-6-19/h1-9,12-14,17H,10-11,15-16H2,(H,26,27,29). The number of nitrogens with zero attached hydrogens (tertiary/aromatic N) is 3. The van der Waals surface area contributed by atoms with Crippen molar-refractivity contribution in [2.45, 2.75) is 31.6 Å². The molecule has 1 aliphatic rings. The normalized spacial score (nSPS) is 14.3. The fourth-order valence-electron chi connectivity index (χ4n) is 3.53. The van der Waals surface area contributed by atoms with Crippen LogP contribution < -0.4 is 5.32 Å². The summed E-state index contributed by atoms with van der Waals surface area (Å²) in [5.74, 6) is -0.171. The van der Waals surface area contributed by atoms with Crippen molar-refractivity contribution < 1.29 is 9.53 Å². The lowest BCUT2D eigenvalue weighted by molar-refractivity contribution is 0.0147. The van der Waals surface area contributed by atoms with Crippen LogP contribution in [-0.2, 0) is 23.5 Å². The van der Waals surface area contributed by atoms with Gasteiger partial charge in [0, 0.05) is 30.5 Å². The fourth-order valence-corrected chi connectivity index (χ4v) is 4.32. The van der Waals surface area contributed by atoms with Gasteiger partial charge in [0.2, 0.25) is 0 Å². The predicted molar refractivity (Wildman–Crippen MR) is 120 cm³/mol. The Hall–Kier alpha value is -3.29. The lowest BCUT2D eigenvalue weighted by Gasteiger charge is -2.14. The molecule has 0 saturated heterocycles. The summed E-state index contributed by atoms with van der Waals surface area (Å²) in [6.45, 7) is 1.17. The average molecular weight is 431 g/mol. The van der Waals surface area contributed by atoms with Gasteiger partial charge < -0.3 is 9.30 Å². The summed E-state index contributed by atoms with van der Waals surface area (Å²) >= 11 is 1.43. The lowest BCUT2D eigenvalue weighted by atomic mass is 10.2. The van der Waals surface area contributed by atoms with Crippen LogP contribution in [0.4, 0.5) is 5.13 Å². The molecule has 0 radical (unpaired) electrons. The van der Waals surface area contributed by atoms with Gasteiger partial charge in [-0.05, 0) is 48.2 Å². The first kappa shape index (κ1) is 19.7. The Balaban J connectivity index is 1.24. The van der Waals surface area contributed by atoms with Crippen molar-refractivity contribution in [3.8, 4) is 0 Å². The summed E-state index contributed by atoms with van der Waals surface area (Å²) in [7, 11) is 0. The molecule has 1 aliphatic carbocycles. The fraction of sp³-hybridized carbons (Fsp3) is 0.208. The monoisotopic (exact) mass is 430 g/mol. The van der Waals surface area contributed by atoms with Crippen LogP contribution in [0.3, 0.4) is 0 Å². The number of pyridine rings is 1. The summed E-state index contributed by atoms with van der Waals surface area (Å²) in [6.07, 6.45) is 7.31. The van der Waals surface area contributed by atoms with Gasteiger partial charge in [0.05, 0.1) is 12.3 Å². The van der Waals surface area contributed by atoms with Crippen LogP contribution in [0.5, 0.6) is 0 Å². The number of rotatable bonds is 8. The Morgan fingerprint density at radius 1 is 1.06 bits per heavy atom. The number of thiazole rings is 1. The Morgan fingerprint density at radius 3 is 2.65 bits per heavy atom. The Bertz CT molecular complexity index is 1170. The minimum Gasteiger partial charge on any atom is -0.364 e.